The van der Waals surface area contributed by atoms with Gasteiger partial charge in [0, 0.05) is 0 Å². The van der Waals surface area contributed by atoms with Gasteiger partial charge in [-0.25, -0.2) is 0 Å². The highest BCUT2D eigenvalue weighted by atomic mass is 16.6. The van der Waals surface area contributed by atoms with Crippen LogP contribution in [0.25, 0.3) is 0 Å². The summed E-state index contributed by atoms with van der Waals surface area (Å²) in [5, 5.41) is 0. The molecule has 0 aromatic heterocycles. The third-order valence-corrected chi connectivity index (χ3v) is 2.28. The highest BCUT2D eigenvalue weighted by Crippen LogP contribution is 2.20. The molecule has 0 saturated carbocycles. The van der Waals surface area contributed by atoms with Gasteiger partial charge in [0.15, 0.2) is 0 Å². The van der Waals surface area contributed by atoms with Gasteiger partial charge in [0.1, 0.15) is 6.10 Å². The second-order valence-corrected chi connectivity index (χ2v) is 3.10. The Balaban J connectivity index is 2.02. The first-order valence-electron chi connectivity index (χ1n) is 4.37. The summed E-state index contributed by atoms with van der Waals surface area (Å²) in [6.45, 7) is 1.53. The van der Waals surface area contributed by atoms with E-state index in [1.54, 1.807) is 0 Å². The van der Waals surface area contributed by atoms with Crippen LogP contribution in [0, 0.1) is 0 Å². The van der Waals surface area contributed by atoms with Crippen LogP contribution in [-0.4, -0.2) is 25.4 Å². The minimum absolute atomic E-state index is 0.242. The Bertz CT molecular complexity index is 154. The predicted octanol–water partition coefficient (Wildman–Crippen LogP) is 1.51. The van der Waals surface area contributed by atoms with Crippen molar-refractivity contribution in [3.63, 3.8) is 0 Å². The molecule has 1 aliphatic heterocycles. The number of rotatable bonds is 0. The lowest BCUT2D eigenvalue weighted by atomic mass is 10.1. The topological polar surface area (TPSA) is 18.5 Å². The maximum atomic E-state index is 5.59. The fourth-order valence-corrected chi connectivity index (χ4v) is 1.68. The van der Waals surface area contributed by atoms with Crippen molar-refractivity contribution in [1.82, 2.24) is 0 Å². The lowest BCUT2D eigenvalue weighted by molar-refractivity contribution is -0.122. The molecule has 11 heavy (non-hydrogen) atoms. The lowest BCUT2D eigenvalue weighted by Crippen LogP contribution is -2.36. The smallest absolute Gasteiger partial charge is 0.102 e. The molecule has 2 atom stereocenters. The van der Waals surface area contributed by atoms with E-state index in [4.69, 9.17) is 9.47 Å². The van der Waals surface area contributed by atoms with Gasteiger partial charge in [-0.15, -0.1) is 0 Å². The summed E-state index contributed by atoms with van der Waals surface area (Å²) in [4.78, 5) is 0. The van der Waals surface area contributed by atoms with E-state index in [0.717, 1.165) is 19.6 Å². The quantitative estimate of drug-likeness (QED) is 0.492. The molecule has 1 heterocycles. The monoisotopic (exact) mass is 154 g/mol. The molecule has 0 N–H and O–H groups in total. The normalized spacial score (nSPS) is 37.8. The van der Waals surface area contributed by atoms with Crippen LogP contribution in [0.5, 0.6) is 0 Å². The van der Waals surface area contributed by atoms with Gasteiger partial charge in [0.05, 0.1) is 19.3 Å². The summed E-state index contributed by atoms with van der Waals surface area (Å²) in [5.41, 5.74) is 0. The first-order chi connectivity index (χ1) is 5.47. The number of ether oxygens (including phenoxy) is 2. The minimum Gasteiger partial charge on any atom is -0.373 e. The Morgan fingerprint density at radius 2 is 2.09 bits per heavy atom. The third-order valence-electron chi connectivity index (χ3n) is 2.28. The van der Waals surface area contributed by atoms with E-state index in [0.29, 0.717) is 6.10 Å². The van der Waals surface area contributed by atoms with Crippen LogP contribution in [0.3, 0.4) is 0 Å². The Hall–Kier alpha value is -0.340. The summed E-state index contributed by atoms with van der Waals surface area (Å²) < 4.78 is 11.1. The van der Waals surface area contributed by atoms with E-state index in [-0.39, 0.29) is 6.10 Å². The standard InChI is InChI=1S/C9H14O2/c1-2-4-8-9(5-3-1)11-7-6-10-8/h2,4,8-9H,1,3,5-7H2/t8-,9-/m0/s1. The zero-order chi connectivity index (χ0) is 7.52. The van der Waals surface area contributed by atoms with E-state index >= 15 is 0 Å². The zero-order valence-electron chi connectivity index (χ0n) is 6.66. The zero-order valence-corrected chi connectivity index (χ0v) is 6.66. The van der Waals surface area contributed by atoms with Gasteiger partial charge >= 0.3 is 0 Å². The number of hydrogen-bond donors (Lipinski definition) is 0. The van der Waals surface area contributed by atoms with E-state index in [2.05, 4.69) is 12.2 Å². The van der Waals surface area contributed by atoms with Crippen molar-refractivity contribution in [3.8, 4) is 0 Å². The fraction of sp³-hybridized carbons (Fsp3) is 0.778. The van der Waals surface area contributed by atoms with Crippen molar-refractivity contribution in [2.45, 2.75) is 31.5 Å². The molecule has 2 nitrogen and oxygen atoms in total. The highest BCUT2D eigenvalue weighted by Gasteiger charge is 2.25. The van der Waals surface area contributed by atoms with E-state index in [1.807, 2.05) is 0 Å². The van der Waals surface area contributed by atoms with Gasteiger partial charge in [-0.1, -0.05) is 12.2 Å². The summed E-state index contributed by atoms with van der Waals surface area (Å²) >= 11 is 0. The Morgan fingerprint density at radius 3 is 3.09 bits per heavy atom. The maximum Gasteiger partial charge on any atom is 0.102 e. The van der Waals surface area contributed by atoms with Crippen LogP contribution < -0.4 is 0 Å². The predicted molar refractivity (Wildman–Crippen MR) is 42.5 cm³/mol. The molecule has 0 spiro atoms. The minimum atomic E-state index is 0.242. The second-order valence-electron chi connectivity index (χ2n) is 3.10. The molecular formula is C9H14O2. The van der Waals surface area contributed by atoms with E-state index < -0.39 is 0 Å². The highest BCUT2D eigenvalue weighted by molar-refractivity contribution is 4.97. The summed E-state index contributed by atoms with van der Waals surface area (Å²) in [6.07, 6.45) is 8.50. The van der Waals surface area contributed by atoms with Crippen LogP contribution in [0.4, 0.5) is 0 Å². The molecule has 2 heteroatoms. The average Bonchev–Trinajstić information content (AvgIpc) is 2.28. The maximum absolute atomic E-state index is 5.59. The molecule has 1 saturated heterocycles. The van der Waals surface area contributed by atoms with Gasteiger partial charge in [0.2, 0.25) is 0 Å². The third kappa shape index (κ3) is 1.63. The van der Waals surface area contributed by atoms with Gasteiger partial charge in [0.25, 0.3) is 0 Å². The molecule has 1 aliphatic carbocycles. The van der Waals surface area contributed by atoms with Gasteiger partial charge in [-0.3, -0.25) is 0 Å². The molecule has 2 aliphatic rings. The van der Waals surface area contributed by atoms with Crippen LogP contribution in [0.15, 0.2) is 12.2 Å². The SMILES string of the molecule is C1=C[C@@H]2OCCO[C@H]2CCC1. The Kier molecular flexibility index (Phi) is 2.24. The van der Waals surface area contributed by atoms with Gasteiger partial charge in [-0.05, 0) is 19.3 Å². The molecule has 0 radical (unpaired) electrons. The van der Waals surface area contributed by atoms with Crippen molar-refractivity contribution in [3.05, 3.63) is 12.2 Å². The van der Waals surface area contributed by atoms with Crippen LogP contribution in [-0.2, 0) is 9.47 Å². The lowest BCUT2D eigenvalue weighted by Gasteiger charge is -2.28. The molecular weight excluding hydrogens is 140 g/mol. The number of hydrogen-bond acceptors (Lipinski definition) is 2. The molecule has 62 valence electrons. The van der Waals surface area contributed by atoms with Crippen molar-refractivity contribution in [1.29, 1.82) is 0 Å². The van der Waals surface area contributed by atoms with Crippen LogP contribution in [0.1, 0.15) is 19.3 Å². The van der Waals surface area contributed by atoms with E-state index in [9.17, 15) is 0 Å². The second kappa shape index (κ2) is 3.37. The molecule has 0 aromatic rings. The van der Waals surface area contributed by atoms with Crippen molar-refractivity contribution in [2.75, 3.05) is 13.2 Å². The first-order valence-corrected chi connectivity index (χ1v) is 4.37. The van der Waals surface area contributed by atoms with Gasteiger partial charge < -0.3 is 9.47 Å². The molecule has 1 fully saturated rings. The Morgan fingerprint density at radius 1 is 1.18 bits per heavy atom. The summed E-state index contributed by atoms with van der Waals surface area (Å²) in [6, 6.07) is 0. The van der Waals surface area contributed by atoms with Crippen LogP contribution in [0.2, 0.25) is 0 Å². The molecule has 0 amide bonds. The molecule has 2 rings (SSSR count). The number of allylic oxidation sites excluding steroid dienone is 1. The number of fused-ring (bicyclic) bond motifs is 1. The van der Waals surface area contributed by atoms with Crippen molar-refractivity contribution < 1.29 is 9.47 Å². The fourth-order valence-electron chi connectivity index (χ4n) is 1.68. The van der Waals surface area contributed by atoms with Gasteiger partial charge in [-0.2, -0.15) is 0 Å². The Labute approximate surface area is 67.2 Å². The summed E-state index contributed by atoms with van der Waals surface area (Å²) in [7, 11) is 0. The molecule has 0 unspecified atom stereocenters. The summed E-state index contributed by atoms with van der Waals surface area (Å²) in [5.74, 6) is 0. The largest absolute Gasteiger partial charge is 0.373 e. The average molecular weight is 154 g/mol. The van der Waals surface area contributed by atoms with E-state index in [1.165, 1.54) is 12.8 Å². The van der Waals surface area contributed by atoms with Crippen molar-refractivity contribution >= 4 is 0 Å². The molecule has 0 bridgehead atoms. The van der Waals surface area contributed by atoms with Crippen molar-refractivity contribution in [2.24, 2.45) is 0 Å². The molecule has 0 aromatic carbocycles. The van der Waals surface area contributed by atoms with Crippen LogP contribution >= 0.6 is 0 Å². The first kappa shape index (κ1) is 7.32.